The quantitative estimate of drug-likeness (QED) is 0.775. The van der Waals surface area contributed by atoms with Crippen molar-refractivity contribution < 1.29 is 9.53 Å². The zero-order valence-corrected chi connectivity index (χ0v) is 12.8. The van der Waals surface area contributed by atoms with Gasteiger partial charge in [-0.25, -0.2) is 9.78 Å². The summed E-state index contributed by atoms with van der Waals surface area (Å²) in [7, 11) is 0. The fourth-order valence-electron chi connectivity index (χ4n) is 2.61. The molecule has 0 aromatic carbocycles. The van der Waals surface area contributed by atoms with Crippen molar-refractivity contribution in [1.29, 1.82) is 0 Å². The second kappa shape index (κ2) is 7.26. The highest BCUT2D eigenvalue weighted by Gasteiger charge is 2.21. The van der Waals surface area contributed by atoms with Crippen molar-refractivity contribution in [3.05, 3.63) is 17.8 Å². The molecule has 3 N–H and O–H groups in total. The lowest BCUT2D eigenvalue weighted by Gasteiger charge is -2.15. The maximum absolute atomic E-state index is 11.8. The molecule has 1 saturated heterocycles. The maximum Gasteiger partial charge on any atom is 0.340 e. The highest BCUT2D eigenvalue weighted by molar-refractivity contribution is 5.97. The molecule has 1 fully saturated rings. The largest absolute Gasteiger partial charge is 0.462 e. The predicted molar refractivity (Wildman–Crippen MR) is 83.3 cm³/mol. The van der Waals surface area contributed by atoms with Crippen molar-refractivity contribution in [3.63, 3.8) is 0 Å². The monoisotopic (exact) mass is 292 g/mol. The number of rotatable bonds is 6. The Hall–Kier alpha value is -1.82. The molecule has 1 atom stereocenters. The van der Waals surface area contributed by atoms with E-state index < -0.39 is 5.97 Å². The van der Waals surface area contributed by atoms with Gasteiger partial charge in [0, 0.05) is 19.3 Å². The molecule has 0 aliphatic carbocycles. The SMILES string of the molecule is CCOC(=O)c1ccnc(NCC2CCN(CC)C2)c1N. The van der Waals surface area contributed by atoms with Crippen LogP contribution in [0.2, 0.25) is 0 Å². The molecule has 1 aliphatic heterocycles. The van der Waals surface area contributed by atoms with Crippen molar-refractivity contribution in [2.24, 2.45) is 5.92 Å². The first kappa shape index (κ1) is 15.6. The summed E-state index contributed by atoms with van der Waals surface area (Å²) in [5, 5.41) is 3.27. The number of esters is 1. The van der Waals surface area contributed by atoms with Crippen LogP contribution in [-0.4, -0.2) is 48.6 Å². The Balaban J connectivity index is 1.97. The summed E-state index contributed by atoms with van der Waals surface area (Å²) in [6, 6.07) is 1.59. The van der Waals surface area contributed by atoms with Crippen molar-refractivity contribution in [1.82, 2.24) is 9.88 Å². The minimum Gasteiger partial charge on any atom is -0.462 e. The average molecular weight is 292 g/mol. The van der Waals surface area contributed by atoms with Crippen LogP contribution in [-0.2, 0) is 4.74 Å². The molecule has 0 bridgehead atoms. The lowest BCUT2D eigenvalue weighted by atomic mass is 10.1. The minimum absolute atomic E-state index is 0.332. The third kappa shape index (κ3) is 3.85. The van der Waals surface area contributed by atoms with Gasteiger partial charge in [0.1, 0.15) is 5.82 Å². The third-order valence-corrected chi connectivity index (χ3v) is 3.86. The van der Waals surface area contributed by atoms with Gasteiger partial charge in [0.15, 0.2) is 0 Å². The van der Waals surface area contributed by atoms with Crippen LogP contribution in [0.4, 0.5) is 11.5 Å². The molecule has 0 saturated carbocycles. The second-order valence-corrected chi connectivity index (χ2v) is 5.27. The van der Waals surface area contributed by atoms with Crippen molar-refractivity contribution in [2.75, 3.05) is 43.8 Å². The molecule has 6 heteroatoms. The number of anilines is 2. The van der Waals surface area contributed by atoms with Crippen molar-refractivity contribution >= 4 is 17.5 Å². The smallest absolute Gasteiger partial charge is 0.340 e. The van der Waals surface area contributed by atoms with Gasteiger partial charge in [0.25, 0.3) is 0 Å². The number of carbonyl (C=O) groups is 1. The normalized spacial score (nSPS) is 18.7. The van der Waals surface area contributed by atoms with E-state index in [1.54, 1.807) is 19.2 Å². The van der Waals surface area contributed by atoms with Gasteiger partial charge in [0.05, 0.1) is 17.9 Å². The van der Waals surface area contributed by atoms with Gasteiger partial charge in [-0.05, 0) is 38.4 Å². The first-order chi connectivity index (χ1) is 10.2. The topological polar surface area (TPSA) is 80.5 Å². The van der Waals surface area contributed by atoms with Crippen molar-refractivity contribution in [2.45, 2.75) is 20.3 Å². The Labute approximate surface area is 125 Å². The van der Waals surface area contributed by atoms with Gasteiger partial charge in [-0.3, -0.25) is 0 Å². The Bertz CT molecular complexity index is 493. The Kier molecular flexibility index (Phi) is 5.38. The van der Waals surface area contributed by atoms with E-state index in [9.17, 15) is 4.79 Å². The van der Waals surface area contributed by atoms with E-state index in [2.05, 4.69) is 22.1 Å². The average Bonchev–Trinajstić information content (AvgIpc) is 2.94. The fourth-order valence-corrected chi connectivity index (χ4v) is 2.61. The number of nitrogens with one attached hydrogen (secondary N) is 1. The highest BCUT2D eigenvalue weighted by Crippen LogP contribution is 2.22. The first-order valence-electron chi connectivity index (χ1n) is 7.53. The van der Waals surface area contributed by atoms with E-state index in [-0.39, 0.29) is 0 Å². The lowest BCUT2D eigenvalue weighted by Crippen LogP contribution is -2.23. The molecule has 1 aromatic rings. The Morgan fingerprint density at radius 1 is 1.57 bits per heavy atom. The van der Waals surface area contributed by atoms with E-state index in [1.165, 1.54) is 6.42 Å². The number of pyridine rings is 1. The number of aromatic nitrogens is 1. The van der Waals surface area contributed by atoms with E-state index >= 15 is 0 Å². The zero-order chi connectivity index (χ0) is 15.2. The minimum atomic E-state index is -0.404. The molecule has 1 aliphatic rings. The summed E-state index contributed by atoms with van der Waals surface area (Å²) in [5.41, 5.74) is 6.75. The molecular weight excluding hydrogens is 268 g/mol. The van der Waals surface area contributed by atoms with Crippen LogP contribution in [0.15, 0.2) is 12.3 Å². The number of hydrogen-bond acceptors (Lipinski definition) is 6. The van der Waals surface area contributed by atoms with Gasteiger partial charge < -0.3 is 20.7 Å². The number of carbonyl (C=O) groups excluding carboxylic acids is 1. The van der Waals surface area contributed by atoms with Gasteiger partial charge in [-0.2, -0.15) is 0 Å². The summed E-state index contributed by atoms with van der Waals surface area (Å²) in [6.07, 6.45) is 2.76. The Morgan fingerprint density at radius 2 is 2.38 bits per heavy atom. The summed E-state index contributed by atoms with van der Waals surface area (Å²) in [5.74, 6) is 0.756. The molecule has 1 aromatic heterocycles. The van der Waals surface area contributed by atoms with E-state index in [4.69, 9.17) is 10.5 Å². The van der Waals surface area contributed by atoms with Gasteiger partial charge >= 0.3 is 5.97 Å². The van der Waals surface area contributed by atoms with Crippen LogP contribution in [0.25, 0.3) is 0 Å². The van der Waals surface area contributed by atoms with Gasteiger partial charge in [-0.15, -0.1) is 0 Å². The number of nitrogens with two attached hydrogens (primary N) is 1. The Morgan fingerprint density at radius 3 is 3.05 bits per heavy atom. The number of hydrogen-bond donors (Lipinski definition) is 2. The predicted octanol–water partition coefficient (Wildman–Crippen LogP) is 1.59. The number of nitrogens with zero attached hydrogens (tertiary/aromatic N) is 2. The van der Waals surface area contributed by atoms with Crippen LogP contribution in [0.3, 0.4) is 0 Å². The van der Waals surface area contributed by atoms with Crippen LogP contribution < -0.4 is 11.1 Å². The second-order valence-electron chi connectivity index (χ2n) is 5.27. The van der Waals surface area contributed by atoms with Crippen LogP contribution >= 0.6 is 0 Å². The molecule has 116 valence electrons. The molecule has 0 radical (unpaired) electrons. The summed E-state index contributed by atoms with van der Waals surface area (Å²) < 4.78 is 4.99. The molecule has 21 heavy (non-hydrogen) atoms. The van der Waals surface area contributed by atoms with Crippen molar-refractivity contribution in [3.8, 4) is 0 Å². The first-order valence-corrected chi connectivity index (χ1v) is 7.53. The molecule has 2 rings (SSSR count). The maximum atomic E-state index is 11.8. The lowest BCUT2D eigenvalue weighted by molar-refractivity contribution is 0.0527. The zero-order valence-electron chi connectivity index (χ0n) is 12.8. The van der Waals surface area contributed by atoms with Gasteiger partial charge in [0.2, 0.25) is 0 Å². The summed E-state index contributed by atoms with van der Waals surface area (Å²) in [4.78, 5) is 18.4. The molecule has 0 spiro atoms. The standard InChI is InChI=1S/C15H24N4O2/c1-3-19-8-6-11(10-19)9-18-14-13(16)12(5-7-17-14)15(20)21-4-2/h5,7,11H,3-4,6,8-10,16H2,1-2H3,(H,17,18). The molecule has 6 nitrogen and oxygen atoms in total. The molecule has 0 amide bonds. The van der Waals surface area contributed by atoms with E-state index in [0.29, 0.717) is 29.6 Å². The summed E-state index contributed by atoms with van der Waals surface area (Å²) >= 11 is 0. The number of ether oxygens (including phenoxy) is 1. The molecular formula is C15H24N4O2. The van der Waals surface area contributed by atoms with Crippen LogP contribution in [0, 0.1) is 5.92 Å². The fraction of sp³-hybridized carbons (Fsp3) is 0.600. The van der Waals surface area contributed by atoms with Crippen LogP contribution in [0.5, 0.6) is 0 Å². The van der Waals surface area contributed by atoms with Gasteiger partial charge in [-0.1, -0.05) is 6.92 Å². The van der Waals surface area contributed by atoms with E-state index in [0.717, 1.165) is 26.2 Å². The third-order valence-electron chi connectivity index (χ3n) is 3.86. The van der Waals surface area contributed by atoms with E-state index in [1.807, 2.05) is 0 Å². The van der Waals surface area contributed by atoms with Crippen LogP contribution in [0.1, 0.15) is 30.6 Å². The number of likely N-dealkylation sites (tertiary alicyclic amines) is 1. The summed E-state index contributed by atoms with van der Waals surface area (Å²) in [6.45, 7) is 8.44. The molecule has 2 heterocycles. The highest BCUT2D eigenvalue weighted by atomic mass is 16.5. The molecule has 1 unspecified atom stereocenters. The number of nitrogen functional groups attached to an aromatic ring is 1.